The van der Waals surface area contributed by atoms with Crippen molar-refractivity contribution in [3.05, 3.63) is 60.7 Å². The van der Waals surface area contributed by atoms with Crippen molar-refractivity contribution in [1.82, 2.24) is 0 Å². The summed E-state index contributed by atoms with van der Waals surface area (Å²) in [7, 11) is 0. The first kappa shape index (κ1) is 19.3. The molecule has 0 aromatic heterocycles. The molecule has 2 aliphatic rings. The van der Waals surface area contributed by atoms with E-state index < -0.39 is 5.79 Å². The smallest absolute Gasteiger partial charge is 0.187 e. The number of hydrogen-bond donors (Lipinski definition) is 0. The zero-order chi connectivity index (χ0) is 18.7. The molecule has 0 spiro atoms. The summed E-state index contributed by atoms with van der Waals surface area (Å²) in [6.07, 6.45) is 2.76. The van der Waals surface area contributed by atoms with Crippen LogP contribution in [0.4, 0.5) is 0 Å². The average Bonchev–Trinajstić information content (AvgIpc) is 3.05. The van der Waals surface area contributed by atoms with Gasteiger partial charge >= 0.3 is 0 Å². The molecule has 142 valence electrons. The van der Waals surface area contributed by atoms with E-state index >= 15 is 0 Å². The number of fused-ring (bicyclic) bond motifs is 1. The average molecular weight is 358 g/mol. The maximum Gasteiger partial charge on any atom is 0.187 e. The first-order valence-corrected chi connectivity index (χ1v) is 9.31. The molecule has 0 unspecified atom stereocenters. The van der Waals surface area contributed by atoms with Gasteiger partial charge in [-0.15, -0.1) is 13.2 Å². The normalized spacial score (nSPS) is 30.7. The molecule has 26 heavy (non-hydrogen) atoms. The fraction of sp³-hybridized carbons (Fsp3) is 0.545. The van der Waals surface area contributed by atoms with Gasteiger partial charge in [-0.25, -0.2) is 0 Å². The highest BCUT2D eigenvalue weighted by atomic mass is 16.8. The number of allylic oxidation sites excluding steroid dienone is 1. The Hall–Kier alpha value is -1.46. The molecular formula is C22H30O4. The summed E-state index contributed by atoms with van der Waals surface area (Å²) in [5.41, 5.74) is 2.25. The van der Waals surface area contributed by atoms with Crippen LogP contribution in [-0.2, 0) is 25.6 Å². The van der Waals surface area contributed by atoms with E-state index in [4.69, 9.17) is 18.9 Å². The minimum absolute atomic E-state index is 0.0978. The highest BCUT2D eigenvalue weighted by Crippen LogP contribution is 2.44. The Kier molecular flexibility index (Phi) is 5.98. The van der Waals surface area contributed by atoms with E-state index in [1.807, 2.05) is 45.0 Å². The molecule has 3 rings (SSSR count). The van der Waals surface area contributed by atoms with Crippen LogP contribution in [0.15, 0.2) is 55.1 Å². The van der Waals surface area contributed by atoms with Gasteiger partial charge in [0.15, 0.2) is 12.1 Å². The maximum atomic E-state index is 6.28. The van der Waals surface area contributed by atoms with Crippen LogP contribution >= 0.6 is 0 Å². The molecule has 0 radical (unpaired) electrons. The topological polar surface area (TPSA) is 36.9 Å². The molecule has 2 saturated heterocycles. The van der Waals surface area contributed by atoms with Crippen LogP contribution in [0.1, 0.15) is 39.2 Å². The Morgan fingerprint density at radius 3 is 2.65 bits per heavy atom. The van der Waals surface area contributed by atoms with Crippen molar-refractivity contribution in [3.8, 4) is 0 Å². The Morgan fingerprint density at radius 2 is 2.00 bits per heavy atom. The van der Waals surface area contributed by atoms with Crippen molar-refractivity contribution in [1.29, 1.82) is 0 Å². The molecule has 0 N–H and O–H groups in total. The maximum absolute atomic E-state index is 6.28. The van der Waals surface area contributed by atoms with Crippen molar-refractivity contribution in [2.75, 3.05) is 0 Å². The van der Waals surface area contributed by atoms with Gasteiger partial charge in [-0.05, 0) is 39.2 Å². The molecule has 1 aromatic carbocycles. The third kappa shape index (κ3) is 4.44. The second-order valence-corrected chi connectivity index (χ2v) is 7.75. The zero-order valence-electron chi connectivity index (χ0n) is 16.0. The fourth-order valence-electron chi connectivity index (χ4n) is 3.83. The number of rotatable bonds is 8. The monoisotopic (exact) mass is 358 g/mol. The molecular weight excluding hydrogens is 328 g/mol. The summed E-state index contributed by atoms with van der Waals surface area (Å²) < 4.78 is 24.6. The number of hydrogen-bond acceptors (Lipinski definition) is 4. The number of benzene rings is 1. The van der Waals surface area contributed by atoms with Crippen LogP contribution in [0, 0.1) is 5.92 Å². The molecule has 0 amide bonds. The summed E-state index contributed by atoms with van der Waals surface area (Å²) in [6, 6.07) is 10.2. The van der Waals surface area contributed by atoms with Gasteiger partial charge in [-0.3, -0.25) is 0 Å². The summed E-state index contributed by atoms with van der Waals surface area (Å²) in [4.78, 5) is 0. The van der Waals surface area contributed by atoms with Gasteiger partial charge in [-0.1, -0.05) is 42.0 Å². The minimum atomic E-state index is -0.619. The molecule has 2 aliphatic heterocycles. The summed E-state index contributed by atoms with van der Waals surface area (Å²) >= 11 is 0. The lowest BCUT2D eigenvalue weighted by Crippen LogP contribution is -2.38. The molecule has 1 aromatic rings. The fourth-order valence-corrected chi connectivity index (χ4v) is 3.83. The van der Waals surface area contributed by atoms with Gasteiger partial charge in [0.25, 0.3) is 0 Å². The SMILES string of the molecule is C=CC[C@@H](OCc1ccccc1)[C@H]1O[C@@H]2OC(C)(C)O[C@@H]2[C@@H]1CC(=C)C. The van der Waals surface area contributed by atoms with E-state index in [0.717, 1.165) is 17.6 Å². The predicted octanol–water partition coefficient (Wildman–Crippen LogP) is 4.61. The second-order valence-electron chi connectivity index (χ2n) is 7.75. The van der Waals surface area contributed by atoms with Gasteiger partial charge in [0, 0.05) is 5.92 Å². The van der Waals surface area contributed by atoms with Crippen LogP contribution in [-0.4, -0.2) is 30.4 Å². The van der Waals surface area contributed by atoms with E-state index in [1.54, 1.807) is 0 Å². The Bertz CT molecular complexity index is 624. The third-order valence-electron chi connectivity index (χ3n) is 4.88. The molecule has 0 saturated carbocycles. The number of ether oxygens (including phenoxy) is 4. The van der Waals surface area contributed by atoms with Crippen LogP contribution in [0.5, 0.6) is 0 Å². The van der Waals surface area contributed by atoms with Crippen LogP contribution in [0.2, 0.25) is 0 Å². The van der Waals surface area contributed by atoms with Crippen molar-refractivity contribution in [2.24, 2.45) is 5.92 Å². The molecule has 0 aliphatic carbocycles. The minimum Gasteiger partial charge on any atom is -0.371 e. The van der Waals surface area contributed by atoms with Gasteiger partial charge in [0.05, 0.1) is 18.8 Å². The summed E-state index contributed by atoms with van der Waals surface area (Å²) in [5, 5.41) is 0. The lowest BCUT2D eigenvalue weighted by atomic mass is 9.88. The summed E-state index contributed by atoms with van der Waals surface area (Å²) in [5.74, 6) is -0.466. The van der Waals surface area contributed by atoms with E-state index in [1.165, 1.54) is 0 Å². The lowest BCUT2D eigenvalue weighted by Gasteiger charge is -2.31. The van der Waals surface area contributed by atoms with E-state index in [9.17, 15) is 0 Å². The highest BCUT2D eigenvalue weighted by Gasteiger charge is 2.56. The van der Waals surface area contributed by atoms with E-state index in [2.05, 4.69) is 25.3 Å². The molecule has 5 atom stereocenters. The van der Waals surface area contributed by atoms with Crippen molar-refractivity contribution in [3.63, 3.8) is 0 Å². The third-order valence-corrected chi connectivity index (χ3v) is 4.88. The standard InChI is InChI=1S/C22H30O4/c1-6-10-18(23-14-16-11-8-7-9-12-16)19-17(13-15(2)3)20-21(24-19)26-22(4,5)25-20/h6-9,11-12,17-21H,1-2,10,13-14H2,3-5H3/t17-,18-,19+,20-,21-/m1/s1. The summed E-state index contributed by atoms with van der Waals surface area (Å²) in [6.45, 7) is 14.4. The predicted molar refractivity (Wildman–Crippen MR) is 101 cm³/mol. The van der Waals surface area contributed by atoms with Crippen molar-refractivity contribution < 1.29 is 18.9 Å². The van der Waals surface area contributed by atoms with Gasteiger partial charge in [-0.2, -0.15) is 0 Å². The molecule has 0 bridgehead atoms. The van der Waals surface area contributed by atoms with Gasteiger partial charge < -0.3 is 18.9 Å². The molecule has 4 nitrogen and oxygen atoms in total. The van der Waals surface area contributed by atoms with Crippen molar-refractivity contribution >= 4 is 0 Å². The first-order chi connectivity index (χ1) is 12.4. The first-order valence-electron chi connectivity index (χ1n) is 9.31. The van der Waals surface area contributed by atoms with Crippen LogP contribution in [0.25, 0.3) is 0 Å². The quantitative estimate of drug-likeness (QED) is 0.636. The van der Waals surface area contributed by atoms with Crippen LogP contribution in [0.3, 0.4) is 0 Å². The van der Waals surface area contributed by atoms with Gasteiger partial charge in [0.2, 0.25) is 0 Å². The molecule has 4 heteroatoms. The second kappa shape index (κ2) is 8.05. The van der Waals surface area contributed by atoms with E-state index in [0.29, 0.717) is 13.0 Å². The Labute approximate surface area is 156 Å². The highest BCUT2D eigenvalue weighted by molar-refractivity contribution is 5.13. The molecule has 2 fully saturated rings. The van der Waals surface area contributed by atoms with E-state index in [-0.39, 0.29) is 30.5 Å². The Balaban J connectivity index is 1.74. The Morgan fingerprint density at radius 1 is 1.27 bits per heavy atom. The van der Waals surface area contributed by atoms with Gasteiger partial charge in [0.1, 0.15) is 6.10 Å². The van der Waals surface area contributed by atoms with Crippen molar-refractivity contribution in [2.45, 2.75) is 70.6 Å². The molecule has 2 heterocycles. The lowest BCUT2D eigenvalue weighted by molar-refractivity contribution is -0.224. The van der Waals surface area contributed by atoms with Crippen LogP contribution < -0.4 is 0 Å². The zero-order valence-corrected chi connectivity index (χ0v) is 16.0. The largest absolute Gasteiger partial charge is 0.371 e.